The molecule has 16 heavy (non-hydrogen) atoms. The van der Waals surface area contributed by atoms with Crippen LogP contribution in [0, 0.1) is 53.1 Å². The smallest absolute Gasteiger partial charge is 0.0747 e. The van der Waals surface area contributed by atoms with Crippen LogP contribution in [-0.2, 0) is 9.47 Å². The Morgan fingerprint density at radius 2 is 1.00 bits per heavy atom. The van der Waals surface area contributed by atoms with E-state index in [9.17, 15) is 0 Å². The quantitative estimate of drug-likeness (QED) is 0.331. The summed E-state index contributed by atoms with van der Waals surface area (Å²) in [4.78, 5) is 0. The van der Waals surface area contributed by atoms with Crippen molar-refractivity contribution < 1.29 is 19.7 Å². The molecule has 0 amide bonds. The van der Waals surface area contributed by atoms with Gasteiger partial charge >= 0.3 is 0 Å². The molecule has 0 unspecified atom stereocenters. The van der Waals surface area contributed by atoms with Gasteiger partial charge in [0.2, 0.25) is 0 Å². The number of ether oxygens (including phenoxy) is 2. The summed E-state index contributed by atoms with van der Waals surface area (Å²) < 4.78 is 8.41. The number of hydrogen-bond donors (Lipinski definition) is 2. The molecule has 0 aromatic heterocycles. The monoisotopic (exact) mass is 734 g/mol. The van der Waals surface area contributed by atoms with E-state index in [1.165, 1.54) is 0 Å². The van der Waals surface area contributed by atoms with Crippen molar-refractivity contribution in [2.24, 2.45) is 0 Å². The van der Waals surface area contributed by atoms with Crippen LogP contribution >= 0.6 is 0 Å². The number of aliphatic hydroxyl groups is 2. The van der Waals surface area contributed by atoms with Gasteiger partial charge in [-0.15, -0.1) is 12.8 Å². The van der Waals surface area contributed by atoms with Crippen LogP contribution < -0.4 is 0 Å². The summed E-state index contributed by atoms with van der Waals surface area (Å²) in [7, 11) is 10.6. The van der Waals surface area contributed by atoms with E-state index in [0.717, 1.165) is 0 Å². The molecule has 0 aromatic carbocycles. The van der Waals surface area contributed by atoms with Gasteiger partial charge in [0.1, 0.15) is 0 Å². The van der Waals surface area contributed by atoms with E-state index in [4.69, 9.17) is 23.1 Å². The third kappa shape index (κ3) is 1180. The molecule has 0 aliphatic rings. The van der Waals surface area contributed by atoms with Gasteiger partial charge in [0.05, 0.1) is 13.2 Å². The van der Waals surface area contributed by atoms with Crippen LogP contribution in [0.3, 0.4) is 0 Å². The zero-order valence-corrected chi connectivity index (χ0v) is 22.3. The van der Waals surface area contributed by atoms with E-state index >= 15 is 0 Å². The van der Waals surface area contributed by atoms with Crippen molar-refractivity contribution >= 4 is 0 Å². The number of rotatable bonds is 2. The maximum atomic E-state index is 6.75. The summed E-state index contributed by atoms with van der Waals surface area (Å²) in [6.45, 7) is 0.611. The zero-order chi connectivity index (χ0) is 12.2. The molecule has 2 N–H and O–H groups in total. The van der Waals surface area contributed by atoms with E-state index in [1.54, 1.807) is 0 Å². The minimum atomic E-state index is 0. The number of aliphatic hydroxyl groups excluding tert-OH is 2. The molecule has 0 aliphatic carbocycles. The van der Waals surface area contributed by atoms with Crippen LogP contribution in [0.2, 0.25) is 0 Å². The molecule has 6 heteroatoms. The van der Waals surface area contributed by atoms with Crippen LogP contribution in [0.25, 0.3) is 0 Å². The minimum Gasteiger partial charge on any atom is -0.569 e. The molecule has 4 nitrogen and oxygen atoms in total. The first-order valence-electron chi connectivity index (χ1n) is 3.07. The Kier molecular flexibility index (Phi) is 392. The molecule has 88 valence electrons. The third-order valence-corrected chi connectivity index (χ3v) is 0.371. The normalized spacial score (nSPS) is 4.75. The first kappa shape index (κ1) is 38.3. The fraction of sp³-hybridized carbons (Fsp3) is 0.200. The summed E-state index contributed by atoms with van der Waals surface area (Å²) in [5, 5.41) is 13.5. The van der Waals surface area contributed by atoms with E-state index < -0.39 is 0 Å². The van der Waals surface area contributed by atoms with Gasteiger partial charge in [0.25, 0.3) is 0 Å². The van der Waals surface area contributed by atoms with Crippen LogP contribution in [0.15, 0.2) is 0 Å². The fourth-order valence-electron chi connectivity index (χ4n) is 0.118. The van der Waals surface area contributed by atoms with Gasteiger partial charge in [-0.25, -0.2) is 28.4 Å². The maximum Gasteiger partial charge on any atom is 0.0747 e. The second-order valence-electron chi connectivity index (χ2n) is 1.11. The number of terminal acetylenes is 2. The molecule has 0 spiro atoms. The van der Waals surface area contributed by atoms with E-state index in [-0.39, 0.29) is 0 Å². The van der Waals surface area contributed by atoms with Gasteiger partial charge in [-0.05, 0) is 0 Å². The van der Waals surface area contributed by atoms with Crippen molar-refractivity contribution in [1.82, 2.24) is 0 Å². The van der Waals surface area contributed by atoms with Crippen molar-refractivity contribution in [3.63, 3.8) is 0 Å². The van der Waals surface area contributed by atoms with Crippen LogP contribution in [-0.4, -0.2) is 23.4 Å². The minimum absolute atomic E-state index is 0. The van der Waals surface area contributed by atoms with Gasteiger partial charge in [-0.3, -0.25) is 0 Å². The Hall–Kier alpha value is -3.04. The van der Waals surface area contributed by atoms with Crippen molar-refractivity contribution in [2.75, 3.05) is 13.2 Å². The van der Waals surface area contributed by atoms with Gasteiger partial charge in [-0.2, -0.15) is 0 Å². The van der Waals surface area contributed by atoms with Gasteiger partial charge in [-0.1, -0.05) is 11.8 Å². The molecule has 0 aromatic rings. The molecule has 0 saturated carbocycles. The van der Waals surface area contributed by atoms with Gasteiger partial charge in [0, 0.05) is 0 Å². The molecular weight excluding hydrogens is 718 g/mol. The van der Waals surface area contributed by atoms with E-state index in [2.05, 4.69) is 49.8 Å². The van der Waals surface area contributed by atoms with Crippen molar-refractivity contribution in [3.8, 4) is 24.7 Å². The summed E-state index contributed by atoms with van der Waals surface area (Å²) in [5.41, 5.74) is 0. The molecule has 0 radical (unpaired) electrons. The van der Waals surface area contributed by atoms with Crippen LogP contribution in [0.5, 0.6) is 0 Å². The second-order valence-corrected chi connectivity index (χ2v) is 1.11. The first-order chi connectivity index (χ1) is 6.83. The van der Waals surface area contributed by atoms with E-state index in [0.29, 0.717) is 13.2 Å². The molecule has 0 saturated heterocycles. The average Bonchev–Trinajstić information content (AvgIpc) is 2.27. The molecule has 0 aliphatic heterocycles. The van der Waals surface area contributed by atoms with Crippen LogP contribution in [0.1, 0.15) is 0 Å². The van der Waals surface area contributed by atoms with Gasteiger partial charge in [0.15, 0.2) is 0 Å². The Bertz CT molecular complexity index is 114. The maximum absolute atomic E-state index is 6.75. The fourth-order valence-corrected chi connectivity index (χ4v) is 0.118. The van der Waals surface area contributed by atoms with E-state index in [1.807, 2.05) is 0 Å². The van der Waals surface area contributed by atoms with Crippen molar-refractivity contribution in [2.45, 2.75) is 0 Å². The SMILES string of the molecule is C#CCO[CH2-].C#CCO[CH2-].[CH2-]O.[CH2-]O.[Rf].[Rf]. The summed E-state index contributed by atoms with van der Waals surface area (Å²) >= 11 is 0. The topological polar surface area (TPSA) is 58.9 Å². The Morgan fingerprint density at radius 3 is 1.00 bits per heavy atom. The van der Waals surface area contributed by atoms with Gasteiger partial charge < -0.3 is 19.7 Å². The number of hydrogen-bond acceptors (Lipinski definition) is 4. The zero-order valence-electron chi connectivity index (χ0n) is 9.52. The van der Waals surface area contributed by atoms with Crippen molar-refractivity contribution in [1.29, 1.82) is 0 Å². The molecule has 0 bridgehead atoms. The predicted molar refractivity (Wildman–Crippen MR) is 54.9 cm³/mol. The summed E-state index contributed by atoms with van der Waals surface area (Å²) in [6, 6.07) is 0. The third-order valence-electron chi connectivity index (χ3n) is 0.371. The Morgan fingerprint density at radius 1 is 0.812 bits per heavy atom. The average molecular weight is 734 g/mol. The standard InChI is InChI=1S/2C4H5O.2CH3O.2Rf/c2*1-3-4-5-2;2*1-2;;/h2*1H,2,4H2;2*2H,1H2;;/q4*-1;;. The predicted octanol–water partition coefficient (Wildman–Crippen LogP) is 1.16. The molecule has 0 fully saturated rings. The molecular formula is C10H16O4Rf2-4. The summed E-state index contributed by atoms with van der Waals surface area (Å²) in [5.74, 6) is 4.47. The molecule has 0 atom stereocenters. The first-order valence-corrected chi connectivity index (χ1v) is 3.07. The Balaban J connectivity index is -0.0000000218. The largest absolute Gasteiger partial charge is 0.569 e. The summed E-state index contributed by atoms with van der Waals surface area (Å²) in [6.07, 6.45) is 9.45. The second kappa shape index (κ2) is 164. The Labute approximate surface area is 86.9 Å². The molecule has 0 rings (SSSR count). The van der Waals surface area contributed by atoms with Crippen molar-refractivity contribution in [3.05, 3.63) is 28.4 Å². The molecule has 0 heterocycles. The van der Waals surface area contributed by atoms with Crippen LogP contribution in [0.4, 0.5) is 0 Å².